The number of halogens is 1. The Balaban J connectivity index is 1.90. The summed E-state index contributed by atoms with van der Waals surface area (Å²) in [4.78, 5) is 12.0. The highest BCUT2D eigenvalue weighted by Gasteiger charge is 2.23. The molecule has 2 N–H and O–H groups in total. The van der Waals surface area contributed by atoms with Gasteiger partial charge in [0.2, 0.25) is 0 Å². The molecule has 2 atom stereocenters. The quantitative estimate of drug-likeness (QED) is 0.815. The van der Waals surface area contributed by atoms with Gasteiger partial charge in [0.25, 0.3) is 5.91 Å². The molecule has 98 valence electrons. The van der Waals surface area contributed by atoms with E-state index in [0.717, 1.165) is 29.3 Å². The van der Waals surface area contributed by atoms with Crippen LogP contribution < -0.4 is 5.32 Å². The molecule has 2 unspecified atom stereocenters. The minimum atomic E-state index is -0.256. The second-order valence-corrected chi connectivity index (χ2v) is 5.96. The summed E-state index contributed by atoms with van der Waals surface area (Å²) < 4.78 is 0.955. The van der Waals surface area contributed by atoms with E-state index in [-0.39, 0.29) is 17.9 Å². The van der Waals surface area contributed by atoms with Crippen molar-refractivity contribution in [2.24, 2.45) is 5.92 Å². The third-order valence-electron chi connectivity index (χ3n) is 3.51. The third kappa shape index (κ3) is 3.45. The van der Waals surface area contributed by atoms with Crippen LogP contribution in [-0.2, 0) is 0 Å². The first-order valence-corrected chi connectivity index (χ1v) is 7.47. The van der Waals surface area contributed by atoms with Crippen molar-refractivity contribution in [3.05, 3.63) is 33.4 Å². The molecule has 18 heavy (non-hydrogen) atoms. The molecule has 0 heterocycles. The molecule has 1 aromatic carbocycles. The maximum atomic E-state index is 12.0. The van der Waals surface area contributed by atoms with Crippen molar-refractivity contribution in [2.75, 3.05) is 6.54 Å². The minimum Gasteiger partial charge on any atom is -0.393 e. The zero-order valence-electron chi connectivity index (χ0n) is 10.2. The van der Waals surface area contributed by atoms with Gasteiger partial charge in [-0.3, -0.25) is 4.79 Å². The molecule has 0 spiro atoms. The lowest BCUT2D eigenvalue weighted by molar-refractivity contribution is 0.0662. The van der Waals surface area contributed by atoms with Crippen LogP contribution >= 0.6 is 22.6 Å². The van der Waals surface area contributed by atoms with Crippen molar-refractivity contribution in [1.29, 1.82) is 0 Å². The SMILES string of the molecule is O=C(NCC1CCCCC1O)c1ccccc1I. The monoisotopic (exact) mass is 359 g/mol. The van der Waals surface area contributed by atoms with Gasteiger partial charge in [-0.15, -0.1) is 0 Å². The average molecular weight is 359 g/mol. The number of benzene rings is 1. The van der Waals surface area contributed by atoms with E-state index in [1.54, 1.807) is 0 Å². The molecule has 1 aromatic rings. The fourth-order valence-electron chi connectivity index (χ4n) is 2.39. The number of carbonyl (C=O) groups is 1. The molecule has 1 saturated carbocycles. The van der Waals surface area contributed by atoms with Gasteiger partial charge >= 0.3 is 0 Å². The van der Waals surface area contributed by atoms with E-state index in [1.807, 2.05) is 24.3 Å². The van der Waals surface area contributed by atoms with Crippen LogP contribution in [0.4, 0.5) is 0 Å². The highest BCUT2D eigenvalue weighted by molar-refractivity contribution is 14.1. The smallest absolute Gasteiger partial charge is 0.252 e. The van der Waals surface area contributed by atoms with Crippen LogP contribution in [-0.4, -0.2) is 23.7 Å². The number of amides is 1. The molecule has 1 aliphatic rings. The third-order valence-corrected chi connectivity index (χ3v) is 4.45. The Labute approximate surface area is 121 Å². The molecule has 1 amide bonds. The molecular weight excluding hydrogens is 341 g/mol. The summed E-state index contributed by atoms with van der Waals surface area (Å²) in [5.74, 6) is 0.168. The van der Waals surface area contributed by atoms with E-state index in [4.69, 9.17) is 0 Å². The Morgan fingerprint density at radius 3 is 2.78 bits per heavy atom. The van der Waals surface area contributed by atoms with E-state index in [1.165, 1.54) is 0 Å². The Hall–Kier alpha value is -0.620. The van der Waals surface area contributed by atoms with E-state index in [9.17, 15) is 9.90 Å². The van der Waals surface area contributed by atoms with Gasteiger partial charge in [0.05, 0.1) is 11.7 Å². The predicted octanol–water partition coefficient (Wildman–Crippen LogP) is 2.57. The molecule has 4 heteroatoms. The van der Waals surface area contributed by atoms with Crippen LogP contribution in [0.2, 0.25) is 0 Å². The number of aliphatic hydroxyl groups is 1. The lowest BCUT2D eigenvalue weighted by atomic mass is 9.86. The topological polar surface area (TPSA) is 49.3 Å². The Kier molecular flexibility index (Phi) is 5.00. The lowest BCUT2D eigenvalue weighted by Crippen LogP contribution is -2.36. The van der Waals surface area contributed by atoms with Gasteiger partial charge in [0.1, 0.15) is 0 Å². The van der Waals surface area contributed by atoms with Crippen LogP contribution in [0.15, 0.2) is 24.3 Å². The van der Waals surface area contributed by atoms with Gasteiger partial charge in [-0.1, -0.05) is 25.0 Å². The fourth-order valence-corrected chi connectivity index (χ4v) is 3.02. The maximum absolute atomic E-state index is 12.0. The zero-order valence-corrected chi connectivity index (χ0v) is 12.4. The Bertz CT molecular complexity index is 422. The molecule has 0 aromatic heterocycles. The molecule has 3 nitrogen and oxygen atoms in total. The van der Waals surface area contributed by atoms with Crippen molar-refractivity contribution in [3.8, 4) is 0 Å². The lowest BCUT2D eigenvalue weighted by Gasteiger charge is -2.27. The molecule has 0 saturated heterocycles. The molecule has 1 fully saturated rings. The first kappa shape index (κ1) is 13.8. The molecule has 0 radical (unpaired) electrons. The molecule has 0 bridgehead atoms. The number of carbonyl (C=O) groups excluding carboxylic acids is 1. The summed E-state index contributed by atoms with van der Waals surface area (Å²) in [5, 5.41) is 12.8. The van der Waals surface area contributed by atoms with Crippen LogP contribution in [0.3, 0.4) is 0 Å². The predicted molar refractivity (Wildman–Crippen MR) is 79.5 cm³/mol. The van der Waals surface area contributed by atoms with Gasteiger partial charge in [-0.25, -0.2) is 0 Å². The van der Waals surface area contributed by atoms with Gasteiger partial charge in [-0.05, 0) is 47.6 Å². The van der Waals surface area contributed by atoms with Crippen molar-refractivity contribution in [2.45, 2.75) is 31.8 Å². The first-order chi connectivity index (χ1) is 8.68. The number of nitrogens with one attached hydrogen (secondary N) is 1. The van der Waals surface area contributed by atoms with Crippen molar-refractivity contribution < 1.29 is 9.90 Å². The van der Waals surface area contributed by atoms with Crippen LogP contribution in [0.5, 0.6) is 0 Å². The summed E-state index contributed by atoms with van der Waals surface area (Å²) in [5.41, 5.74) is 0.711. The average Bonchev–Trinajstić information content (AvgIpc) is 2.38. The van der Waals surface area contributed by atoms with Crippen LogP contribution in [0.1, 0.15) is 36.0 Å². The summed E-state index contributed by atoms with van der Waals surface area (Å²) in [7, 11) is 0. The van der Waals surface area contributed by atoms with Gasteiger partial charge in [-0.2, -0.15) is 0 Å². The van der Waals surface area contributed by atoms with E-state index in [0.29, 0.717) is 12.1 Å². The standard InChI is InChI=1S/C14H18INO2/c15-12-7-3-2-6-11(12)14(18)16-9-10-5-1-4-8-13(10)17/h2-3,6-7,10,13,17H,1,4-5,8-9H2,(H,16,18). The highest BCUT2D eigenvalue weighted by Crippen LogP contribution is 2.23. The van der Waals surface area contributed by atoms with Gasteiger partial charge < -0.3 is 10.4 Å². The molecule has 2 rings (SSSR count). The largest absolute Gasteiger partial charge is 0.393 e. The van der Waals surface area contributed by atoms with E-state index < -0.39 is 0 Å². The zero-order chi connectivity index (χ0) is 13.0. The molecular formula is C14H18INO2. The Morgan fingerprint density at radius 1 is 1.33 bits per heavy atom. The van der Waals surface area contributed by atoms with Crippen molar-refractivity contribution in [1.82, 2.24) is 5.32 Å². The Morgan fingerprint density at radius 2 is 2.06 bits per heavy atom. The normalized spacial score (nSPS) is 23.7. The van der Waals surface area contributed by atoms with E-state index in [2.05, 4.69) is 27.9 Å². The number of rotatable bonds is 3. The summed E-state index contributed by atoms with van der Waals surface area (Å²) in [6, 6.07) is 7.54. The summed E-state index contributed by atoms with van der Waals surface area (Å²) in [6.07, 6.45) is 3.87. The van der Waals surface area contributed by atoms with Gasteiger partial charge in [0.15, 0.2) is 0 Å². The van der Waals surface area contributed by atoms with Crippen molar-refractivity contribution >= 4 is 28.5 Å². The number of hydrogen-bond donors (Lipinski definition) is 2. The first-order valence-electron chi connectivity index (χ1n) is 6.39. The second-order valence-electron chi connectivity index (χ2n) is 4.80. The fraction of sp³-hybridized carbons (Fsp3) is 0.500. The van der Waals surface area contributed by atoms with Crippen LogP contribution in [0, 0.1) is 9.49 Å². The van der Waals surface area contributed by atoms with Crippen molar-refractivity contribution in [3.63, 3.8) is 0 Å². The van der Waals surface area contributed by atoms with Gasteiger partial charge in [0, 0.05) is 16.0 Å². The number of aliphatic hydroxyl groups excluding tert-OH is 1. The minimum absolute atomic E-state index is 0.0437. The maximum Gasteiger partial charge on any atom is 0.252 e. The highest BCUT2D eigenvalue weighted by atomic mass is 127. The summed E-state index contributed by atoms with van der Waals surface area (Å²) >= 11 is 2.16. The second kappa shape index (κ2) is 6.52. The summed E-state index contributed by atoms with van der Waals surface area (Å²) in [6.45, 7) is 0.574. The van der Waals surface area contributed by atoms with E-state index >= 15 is 0 Å². The molecule has 1 aliphatic carbocycles. The molecule has 0 aliphatic heterocycles. The number of hydrogen-bond acceptors (Lipinski definition) is 2. The van der Waals surface area contributed by atoms with Crippen LogP contribution in [0.25, 0.3) is 0 Å².